The van der Waals surface area contributed by atoms with E-state index in [2.05, 4.69) is 15.6 Å². The fourth-order valence-corrected chi connectivity index (χ4v) is 3.20. The van der Waals surface area contributed by atoms with Crippen molar-refractivity contribution in [1.82, 2.24) is 20.0 Å². The van der Waals surface area contributed by atoms with Gasteiger partial charge >= 0.3 is 0 Å². The van der Waals surface area contributed by atoms with E-state index in [1.807, 2.05) is 54.0 Å². The van der Waals surface area contributed by atoms with Crippen molar-refractivity contribution in [2.45, 2.75) is 26.0 Å². The first-order valence-electron chi connectivity index (χ1n) is 8.87. The van der Waals surface area contributed by atoms with Crippen LogP contribution in [-0.4, -0.2) is 34.4 Å². The highest BCUT2D eigenvalue weighted by Gasteiger charge is 2.19. The molecule has 3 aromatic rings. The van der Waals surface area contributed by atoms with Crippen LogP contribution in [0.5, 0.6) is 5.75 Å². The van der Waals surface area contributed by atoms with Crippen LogP contribution >= 0.6 is 0 Å². The van der Waals surface area contributed by atoms with E-state index in [1.165, 1.54) is 5.56 Å². The van der Waals surface area contributed by atoms with Gasteiger partial charge in [-0.2, -0.15) is 0 Å². The van der Waals surface area contributed by atoms with Crippen LogP contribution in [0.2, 0.25) is 0 Å². The maximum absolute atomic E-state index is 12.6. The van der Waals surface area contributed by atoms with Gasteiger partial charge in [-0.25, -0.2) is 4.98 Å². The number of nitrogens with one attached hydrogen (secondary N) is 2. The number of benzene rings is 1. The Kier molecular flexibility index (Phi) is 4.58. The van der Waals surface area contributed by atoms with Gasteiger partial charge in [-0.15, -0.1) is 0 Å². The van der Waals surface area contributed by atoms with Crippen molar-refractivity contribution in [3.05, 3.63) is 65.6 Å². The molecule has 1 aliphatic heterocycles. The summed E-state index contributed by atoms with van der Waals surface area (Å²) >= 11 is 0. The molecular weight excluding hydrogens is 328 g/mol. The second-order valence-electron chi connectivity index (χ2n) is 6.65. The fourth-order valence-electron chi connectivity index (χ4n) is 3.20. The van der Waals surface area contributed by atoms with Gasteiger partial charge in [-0.3, -0.25) is 4.79 Å². The average Bonchev–Trinajstić information content (AvgIpc) is 3.29. The SMILES string of the molecule is Cc1ccc2nc(COc3ccccc3C(=O)NC3CCNC3)cn2c1. The van der Waals surface area contributed by atoms with Crippen LogP contribution in [0.25, 0.3) is 5.65 Å². The molecule has 1 amide bonds. The largest absolute Gasteiger partial charge is 0.486 e. The molecule has 3 heterocycles. The Bertz CT molecular complexity index is 928. The summed E-state index contributed by atoms with van der Waals surface area (Å²) in [5, 5.41) is 6.31. The van der Waals surface area contributed by atoms with Gasteiger partial charge < -0.3 is 19.8 Å². The van der Waals surface area contributed by atoms with Crippen molar-refractivity contribution in [3.63, 3.8) is 0 Å². The topological polar surface area (TPSA) is 67.7 Å². The monoisotopic (exact) mass is 350 g/mol. The Morgan fingerprint density at radius 2 is 2.19 bits per heavy atom. The van der Waals surface area contributed by atoms with E-state index in [4.69, 9.17) is 4.74 Å². The van der Waals surface area contributed by atoms with Crippen molar-refractivity contribution >= 4 is 11.6 Å². The van der Waals surface area contributed by atoms with E-state index in [9.17, 15) is 4.79 Å². The molecule has 0 saturated carbocycles. The summed E-state index contributed by atoms with van der Waals surface area (Å²) < 4.78 is 7.90. The molecule has 2 N–H and O–H groups in total. The minimum atomic E-state index is -0.0973. The second-order valence-corrected chi connectivity index (χ2v) is 6.65. The summed E-state index contributed by atoms with van der Waals surface area (Å²) in [5.41, 5.74) is 3.43. The molecular formula is C20H22N4O2. The van der Waals surface area contributed by atoms with Gasteiger partial charge in [0.05, 0.1) is 11.3 Å². The van der Waals surface area contributed by atoms with Crippen LogP contribution in [0.15, 0.2) is 48.8 Å². The number of carbonyl (C=O) groups excluding carboxylic acids is 1. The Labute approximate surface area is 152 Å². The minimum Gasteiger partial charge on any atom is -0.486 e. The highest BCUT2D eigenvalue weighted by molar-refractivity contribution is 5.97. The van der Waals surface area contributed by atoms with E-state index in [1.54, 1.807) is 6.07 Å². The minimum absolute atomic E-state index is 0.0973. The lowest BCUT2D eigenvalue weighted by Gasteiger charge is -2.14. The van der Waals surface area contributed by atoms with Gasteiger partial charge in [-0.1, -0.05) is 18.2 Å². The number of pyridine rings is 1. The van der Waals surface area contributed by atoms with E-state index in [-0.39, 0.29) is 11.9 Å². The Hall–Kier alpha value is -2.86. The lowest BCUT2D eigenvalue weighted by Crippen LogP contribution is -2.36. The van der Waals surface area contributed by atoms with Gasteiger partial charge in [0.1, 0.15) is 18.0 Å². The van der Waals surface area contributed by atoms with Gasteiger partial charge in [-0.05, 0) is 43.7 Å². The van der Waals surface area contributed by atoms with Crippen LogP contribution in [0.3, 0.4) is 0 Å². The molecule has 0 aliphatic carbocycles. The molecule has 0 spiro atoms. The molecule has 0 bridgehead atoms. The summed E-state index contributed by atoms with van der Waals surface area (Å²) in [6.45, 7) is 4.12. The van der Waals surface area contributed by atoms with E-state index in [0.29, 0.717) is 17.9 Å². The predicted molar refractivity (Wildman–Crippen MR) is 99.4 cm³/mol. The van der Waals surface area contributed by atoms with Crippen molar-refractivity contribution in [3.8, 4) is 5.75 Å². The third kappa shape index (κ3) is 3.55. The number of amides is 1. The van der Waals surface area contributed by atoms with Gasteiger partial charge in [0.15, 0.2) is 0 Å². The summed E-state index contributed by atoms with van der Waals surface area (Å²) in [6.07, 6.45) is 4.94. The molecule has 1 saturated heterocycles. The van der Waals surface area contributed by atoms with Gasteiger partial charge in [0.25, 0.3) is 5.91 Å². The number of fused-ring (bicyclic) bond motifs is 1. The zero-order valence-electron chi connectivity index (χ0n) is 14.7. The number of para-hydroxylation sites is 1. The lowest BCUT2D eigenvalue weighted by molar-refractivity contribution is 0.0935. The molecule has 6 heteroatoms. The van der Waals surface area contributed by atoms with Crippen LogP contribution in [0.4, 0.5) is 0 Å². The van der Waals surface area contributed by atoms with Gasteiger partial charge in [0.2, 0.25) is 0 Å². The van der Waals surface area contributed by atoms with Crippen molar-refractivity contribution in [2.75, 3.05) is 13.1 Å². The zero-order chi connectivity index (χ0) is 17.9. The molecule has 1 atom stereocenters. The molecule has 134 valence electrons. The molecule has 4 rings (SSSR count). The van der Waals surface area contributed by atoms with Crippen molar-refractivity contribution in [2.24, 2.45) is 0 Å². The summed E-state index contributed by atoms with van der Waals surface area (Å²) in [6, 6.07) is 11.5. The number of hydrogen-bond acceptors (Lipinski definition) is 4. The second kappa shape index (κ2) is 7.17. The lowest BCUT2D eigenvalue weighted by atomic mass is 10.1. The van der Waals surface area contributed by atoms with Crippen LogP contribution in [0, 0.1) is 6.92 Å². The molecule has 0 radical (unpaired) electrons. The summed E-state index contributed by atoms with van der Waals surface area (Å²) in [7, 11) is 0. The number of hydrogen-bond donors (Lipinski definition) is 2. The first-order chi connectivity index (χ1) is 12.7. The Morgan fingerprint density at radius 3 is 3.04 bits per heavy atom. The summed E-state index contributed by atoms with van der Waals surface area (Å²) in [5.74, 6) is 0.476. The maximum Gasteiger partial charge on any atom is 0.255 e. The molecule has 26 heavy (non-hydrogen) atoms. The van der Waals surface area contributed by atoms with E-state index < -0.39 is 0 Å². The van der Waals surface area contributed by atoms with E-state index in [0.717, 1.165) is 30.9 Å². The standard InChI is InChI=1S/C20H22N4O2/c1-14-6-7-19-22-16(12-24(19)11-14)13-26-18-5-3-2-4-17(18)20(25)23-15-8-9-21-10-15/h2-7,11-12,15,21H,8-10,13H2,1H3,(H,23,25). The number of aromatic nitrogens is 2. The smallest absolute Gasteiger partial charge is 0.255 e. The highest BCUT2D eigenvalue weighted by Crippen LogP contribution is 2.20. The van der Waals surface area contributed by atoms with Crippen LogP contribution in [0.1, 0.15) is 28.0 Å². The number of imidazole rings is 1. The summed E-state index contributed by atoms with van der Waals surface area (Å²) in [4.78, 5) is 17.1. The van der Waals surface area contributed by atoms with Gasteiger partial charge in [0, 0.05) is 25.0 Å². The molecule has 6 nitrogen and oxygen atoms in total. The molecule has 1 aromatic carbocycles. The number of nitrogens with zero attached hydrogens (tertiary/aromatic N) is 2. The van der Waals surface area contributed by atoms with Crippen LogP contribution in [-0.2, 0) is 6.61 Å². The van der Waals surface area contributed by atoms with E-state index >= 15 is 0 Å². The average molecular weight is 350 g/mol. The van der Waals surface area contributed by atoms with Crippen molar-refractivity contribution < 1.29 is 9.53 Å². The third-order valence-electron chi connectivity index (χ3n) is 4.55. The van der Waals surface area contributed by atoms with Crippen LogP contribution < -0.4 is 15.4 Å². The highest BCUT2D eigenvalue weighted by atomic mass is 16.5. The Morgan fingerprint density at radius 1 is 1.31 bits per heavy atom. The maximum atomic E-state index is 12.6. The molecule has 1 fully saturated rings. The third-order valence-corrected chi connectivity index (χ3v) is 4.55. The zero-order valence-corrected chi connectivity index (χ0v) is 14.7. The number of carbonyl (C=O) groups is 1. The normalized spacial score (nSPS) is 16.7. The quantitative estimate of drug-likeness (QED) is 0.741. The molecule has 1 unspecified atom stereocenters. The predicted octanol–water partition coefficient (Wildman–Crippen LogP) is 2.31. The number of ether oxygens (including phenoxy) is 1. The number of rotatable bonds is 5. The molecule has 1 aliphatic rings. The Balaban J connectivity index is 1.48. The number of aryl methyl sites for hydroxylation is 1. The first-order valence-corrected chi connectivity index (χ1v) is 8.87. The fraction of sp³-hybridized carbons (Fsp3) is 0.300. The molecule has 2 aromatic heterocycles. The first kappa shape index (κ1) is 16.6. The van der Waals surface area contributed by atoms with Crippen molar-refractivity contribution in [1.29, 1.82) is 0 Å².